The highest BCUT2D eigenvalue weighted by Crippen LogP contribution is 2.24. The molecule has 0 atom stereocenters. The van der Waals surface area contributed by atoms with Crippen molar-refractivity contribution in [2.45, 2.75) is 50.0 Å². The minimum absolute atomic E-state index is 0.122. The van der Waals surface area contributed by atoms with E-state index in [2.05, 4.69) is 37.5 Å². The molecule has 0 unspecified atom stereocenters. The van der Waals surface area contributed by atoms with E-state index in [1.807, 2.05) is 31.2 Å². The molecular formula is C18H20IN3O2S. The summed E-state index contributed by atoms with van der Waals surface area (Å²) >= 11 is 3.59. The first-order valence-electron chi connectivity index (χ1n) is 8.41. The van der Waals surface area contributed by atoms with Gasteiger partial charge < -0.3 is 4.74 Å². The Bertz CT molecular complexity index is 713. The number of aryl methyl sites for hydroxylation is 1. The summed E-state index contributed by atoms with van der Waals surface area (Å²) in [5, 5.41) is 0. The van der Waals surface area contributed by atoms with Crippen LogP contribution in [0.2, 0.25) is 0 Å². The summed E-state index contributed by atoms with van der Waals surface area (Å²) in [5.74, 6) is 1.60. The highest BCUT2D eigenvalue weighted by Gasteiger charge is 2.17. The number of nitrogens with zero attached hydrogens (tertiary/aromatic N) is 3. The lowest BCUT2D eigenvalue weighted by atomic mass is 9.98. The van der Waals surface area contributed by atoms with Crippen molar-refractivity contribution >= 4 is 40.3 Å². The van der Waals surface area contributed by atoms with Crippen LogP contribution in [0.15, 0.2) is 29.2 Å². The van der Waals surface area contributed by atoms with Crippen molar-refractivity contribution in [2.75, 3.05) is 5.75 Å². The van der Waals surface area contributed by atoms with E-state index in [4.69, 9.17) is 4.74 Å². The summed E-state index contributed by atoms with van der Waals surface area (Å²) in [6, 6.07) is 7.92. The van der Waals surface area contributed by atoms with Crippen LogP contribution in [0.5, 0.6) is 0 Å². The highest BCUT2D eigenvalue weighted by molar-refractivity contribution is 14.1. The Hall–Kier alpha value is -1.22. The average Bonchev–Trinajstić information content (AvgIpc) is 2.60. The summed E-state index contributed by atoms with van der Waals surface area (Å²) < 4.78 is 6.23. The van der Waals surface area contributed by atoms with Crippen LogP contribution < -0.4 is 0 Å². The molecule has 0 bridgehead atoms. The molecule has 1 aliphatic carbocycles. The van der Waals surface area contributed by atoms with Crippen molar-refractivity contribution in [3.8, 4) is 11.4 Å². The number of thioether (sulfide) groups is 1. The van der Waals surface area contributed by atoms with Crippen LogP contribution in [-0.4, -0.2) is 32.8 Å². The number of hydrogen-bond acceptors (Lipinski definition) is 6. The number of benzene rings is 1. The van der Waals surface area contributed by atoms with E-state index in [-0.39, 0.29) is 12.1 Å². The Balaban J connectivity index is 1.54. The van der Waals surface area contributed by atoms with Gasteiger partial charge in [0, 0.05) is 33.0 Å². The number of carbonyl (C=O) groups is 1. The third kappa shape index (κ3) is 5.64. The molecule has 0 saturated heterocycles. The van der Waals surface area contributed by atoms with Gasteiger partial charge in [-0.1, -0.05) is 18.6 Å². The number of halogens is 1. The minimum Gasteiger partial charge on any atom is -0.462 e. The van der Waals surface area contributed by atoms with Gasteiger partial charge in [0.15, 0.2) is 9.66 Å². The highest BCUT2D eigenvalue weighted by atomic mass is 127. The molecule has 0 spiro atoms. The first-order chi connectivity index (χ1) is 12.1. The van der Waals surface area contributed by atoms with Crippen LogP contribution >= 0.6 is 34.4 Å². The van der Waals surface area contributed by atoms with E-state index in [0.29, 0.717) is 21.2 Å². The molecular weight excluding hydrogens is 449 g/mol. The number of hydrogen-bond donors (Lipinski definition) is 0. The quantitative estimate of drug-likeness (QED) is 0.367. The summed E-state index contributed by atoms with van der Waals surface area (Å²) in [6.07, 6.45) is 5.74. The number of ether oxygens (including phenoxy) is 1. The van der Waals surface area contributed by atoms with Gasteiger partial charge in [0.25, 0.3) is 0 Å². The number of rotatable bonds is 5. The zero-order valence-corrected chi connectivity index (χ0v) is 17.0. The van der Waals surface area contributed by atoms with Gasteiger partial charge in [-0.05, 0) is 44.7 Å². The molecule has 3 rings (SSSR count). The molecule has 0 N–H and O–H groups in total. The first kappa shape index (κ1) is 18.6. The van der Waals surface area contributed by atoms with Crippen molar-refractivity contribution in [3.05, 3.63) is 33.9 Å². The van der Waals surface area contributed by atoms with Gasteiger partial charge in [-0.2, -0.15) is 0 Å². The van der Waals surface area contributed by atoms with Crippen molar-refractivity contribution in [2.24, 2.45) is 0 Å². The average molecular weight is 469 g/mol. The fourth-order valence-corrected chi connectivity index (χ4v) is 4.08. The van der Waals surface area contributed by atoms with Crippen LogP contribution in [0, 0.1) is 10.8 Å². The van der Waals surface area contributed by atoms with E-state index < -0.39 is 0 Å². The van der Waals surface area contributed by atoms with Crippen LogP contribution in [0.1, 0.15) is 37.9 Å². The van der Waals surface area contributed by atoms with E-state index in [1.165, 1.54) is 31.0 Å². The van der Waals surface area contributed by atoms with Gasteiger partial charge in [0.1, 0.15) is 11.9 Å². The third-order valence-electron chi connectivity index (χ3n) is 4.04. The molecule has 0 amide bonds. The fourth-order valence-electron chi connectivity index (χ4n) is 2.82. The lowest BCUT2D eigenvalue weighted by Crippen LogP contribution is -2.21. The first-order valence-corrected chi connectivity index (χ1v) is 10.5. The Morgan fingerprint density at radius 3 is 2.56 bits per heavy atom. The maximum absolute atomic E-state index is 12.0. The SMILES string of the molecule is Cc1nc(I)nc(-c2ccc(SCC(=O)OC3CCCCC3)cc2)n1. The molecule has 7 heteroatoms. The second kappa shape index (κ2) is 8.93. The maximum atomic E-state index is 12.0. The lowest BCUT2D eigenvalue weighted by Gasteiger charge is -2.21. The minimum atomic E-state index is -0.122. The molecule has 1 aromatic heterocycles. The standard InChI is InChI=1S/C18H20IN3O2S/c1-12-20-17(22-18(19)21-12)13-7-9-15(10-8-13)25-11-16(23)24-14-5-3-2-4-6-14/h7-10,14H,2-6,11H2,1H3. The second-order valence-electron chi connectivity index (χ2n) is 6.04. The summed E-state index contributed by atoms with van der Waals surface area (Å²) in [7, 11) is 0. The topological polar surface area (TPSA) is 65.0 Å². The van der Waals surface area contributed by atoms with Crippen LogP contribution in [0.25, 0.3) is 11.4 Å². The fraction of sp³-hybridized carbons (Fsp3) is 0.444. The van der Waals surface area contributed by atoms with Gasteiger partial charge in [0.05, 0.1) is 5.75 Å². The number of carbonyl (C=O) groups excluding carboxylic acids is 1. The van der Waals surface area contributed by atoms with Gasteiger partial charge in [-0.25, -0.2) is 15.0 Å². The van der Waals surface area contributed by atoms with Gasteiger partial charge in [-0.3, -0.25) is 4.79 Å². The Kier molecular flexibility index (Phi) is 6.63. The zero-order chi connectivity index (χ0) is 17.6. The van der Waals surface area contributed by atoms with Crippen molar-refractivity contribution in [1.29, 1.82) is 0 Å². The van der Waals surface area contributed by atoms with Gasteiger partial charge in [0.2, 0.25) is 0 Å². The second-order valence-corrected chi connectivity index (χ2v) is 8.05. The molecule has 1 aromatic carbocycles. The summed E-state index contributed by atoms with van der Waals surface area (Å²) in [6.45, 7) is 1.86. The normalized spacial score (nSPS) is 15.1. The molecule has 1 aliphatic rings. The Morgan fingerprint density at radius 1 is 1.16 bits per heavy atom. The van der Waals surface area contributed by atoms with Crippen LogP contribution in [0.4, 0.5) is 0 Å². The van der Waals surface area contributed by atoms with E-state index >= 15 is 0 Å². The summed E-state index contributed by atoms with van der Waals surface area (Å²) in [5.41, 5.74) is 0.942. The third-order valence-corrected chi connectivity index (χ3v) is 5.51. The Morgan fingerprint density at radius 2 is 1.88 bits per heavy atom. The molecule has 1 heterocycles. The van der Waals surface area contributed by atoms with Gasteiger partial charge >= 0.3 is 5.97 Å². The molecule has 0 aliphatic heterocycles. The van der Waals surface area contributed by atoms with Crippen molar-refractivity contribution in [3.63, 3.8) is 0 Å². The molecule has 0 radical (unpaired) electrons. The van der Waals surface area contributed by atoms with Gasteiger partial charge in [-0.15, -0.1) is 11.8 Å². The number of aromatic nitrogens is 3. The lowest BCUT2D eigenvalue weighted by molar-refractivity contribution is -0.147. The zero-order valence-electron chi connectivity index (χ0n) is 14.1. The molecule has 2 aromatic rings. The van der Waals surface area contributed by atoms with E-state index in [1.54, 1.807) is 0 Å². The predicted molar refractivity (Wildman–Crippen MR) is 106 cm³/mol. The molecule has 5 nitrogen and oxygen atoms in total. The Labute approximate surface area is 165 Å². The molecule has 132 valence electrons. The maximum Gasteiger partial charge on any atom is 0.316 e. The number of esters is 1. The van der Waals surface area contributed by atoms with Crippen LogP contribution in [-0.2, 0) is 9.53 Å². The predicted octanol–water partition coefficient (Wildman–Crippen LogP) is 4.42. The summed E-state index contributed by atoms with van der Waals surface area (Å²) in [4.78, 5) is 25.9. The largest absolute Gasteiger partial charge is 0.462 e. The van der Waals surface area contributed by atoms with E-state index in [0.717, 1.165) is 23.3 Å². The molecule has 1 saturated carbocycles. The van der Waals surface area contributed by atoms with Crippen molar-refractivity contribution in [1.82, 2.24) is 15.0 Å². The molecule has 25 heavy (non-hydrogen) atoms. The van der Waals surface area contributed by atoms with E-state index in [9.17, 15) is 4.79 Å². The van der Waals surface area contributed by atoms with Crippen LogP contribution in [0.3, 0.4) is 0 Å². The smallest absolute Gasteiger partial charge is 0.316 e. The van der Waals surface area contributed by atoms with Crippen molar-refractivity contribution < 1.29 is 9.53 Å². The monoisotopic (exact) mass is 469 g/mol. The molecule has 1 fully saturated rings.